The zero-order valence-electron chi connectivity index (χ0n) is 15.8. The summed E-state index contributed by atoms with van der Waals surface area (Å²) in [6, 6.07) is 1.92. The van der Waals surface area contributed by atoms with Crippen LogP contribution >= 0.6 is 0 Å². The molecule has 10 heteroatoms. The molecular weight excluding hydrogens is 379 g/mol. The van der Waals surface area contributed by atoms with Gasteiger partial charge in [-0.2, -0.15) is 5.10 Å². The predicted molar refractivity (Wildman–Crippen MR) is 101 cm³/mol. The Morgan fingerprint density at radius 1 is 1.41 bits per heavy atom. The van der Waals surface area contributed by atoms with Crippen LogP contribution in [0, 0.1) is 5.82 Å². The molecule has 0 radical (unpaired) electrons. The SMILES string of the molecule is CCC(=O)C1Nc2ccn3ncc(c3n2)C(=O)NC[C@H](C)Oc2ncc(F)cc21. The van der Waals surface area contributed by atoms with Crippen molar-refractivity contribution in [2.75, 3.05) is 11.9 Å². The van der Waals surface area contributed by atoms with E-state index in [2.05, 4.69) is 25.7 Å². The molecule has 3 aromatic rings. The first kappa shape index (κ1) is 18.8. The summed E-state index contributed by atoms with van der Waals surface area (Å²) in [4.78, 5) is 33.7. The summed E-state index contributed by atoms with van der Waals surface area (Å²) < 4.78 is 21.3. The molecule has 0 spiro atoms. The zero-order chi connectivity index (χ0) is 20.5. The molecule has 0 aliphatic carbocycles. The topological polar surface area (TPSA) is 111 Å². The second-order valence-electron chi connectivity index (χ2n) is 6.72. The molecule has 1 aliphatic rings. The van der Waals surface area contributed by atoms with Crippen LogP contribution in [0.25, 0.3) is 5.65 Å². The number of ether oxygens (including phenoxy) is 1. The summed E-state index contributed by atoms with van der Waals surface area (Å²) in [5.74, 6) is -0.672. The number of fused-ring (bicyclic) bond motifs is 2. The number of carbonyl (C=O) groups excluding carboxylic acids is 2. The Morgan fingerprint density at radius 2 is 2.24 bits per heavy atom. The van der Waals surface area contributed by atoms with Crippen molar-refractivity contribution in [2.45, 2.75) is 32.4 Å². The van der Waals surface area contributed by atoms with Crippen LogP contribution in [0.2, 0.25) is 0 Å². The molecule has 1 aliphatic heterocycles. The molecule has 9 nitrogen and oxygen atoms in total. The van der Waals surface area contributed by atoms with Crippen LogP contribution in [-0.4, -0.2) is 43.9 Å². The number of amides is 1. The summed E-state index contributed by atoms with van der Waals surface area (Å²) in [5.41, 5.74) is 0.894. The maximum atomic E-state index is 14.0. The van der Waals surface area contributed by atoms with Gasteiger partial charge < -0.3 is 15.4 Å². The van der Waals surface area contributed by atoms with Gasteiger partial charge in [0.1, 0.15) is 29.3 Å². The second kappa shape index (κ2) is 7.46. The van der Waals surface area contributed by atoms with E-state index < -0.39 is 18.0 Å². The first-order valence-electron chi connectivity index (χ1n) is 9.20. The maximum absolute atomic E-state index is 14.0. The molecule has 0 aromatic carbocycles. The van der Waals surface area contributed by atoms with Gasteiger partial charge in [-0.25, -0.2) is 18.9 Å². The predicted octanol–water partition coefficient (Wildman–Crippen LogP) is 1.91. The van der Waals surface area contributed by atoms with Gasteiger partial charge in [0.25, 0.3) is 5.91 Å². The fraction of sp³-hybridized carbons (Fsp3) is 0.316. The van der Waals surface area contributed by atoms with E-state index in [-0.39, 0.29) is 36.1 Å². The molecule has 2 atom stereocenters. The Morgan fingerprint density at radius 3 is 3.03 bits per heavy atom. The minimum absolute atomic E-state index is 0.121. The number of aromatic nitrogens is 4. The molecule has 2 N–H and O–H groups in total. The highest BCUT2D eigenvalue weighted by Crippen LogP contribution is 2.29. The van der Waals surface area contributed by atoms with Crippen LogP contribution in [-0.2, 0) is 4.79 Å². The molecule has 0 fully saturated rings. The Labute approximate surface area is 165 Å². The Kier molecular flexibility index (Phi) is 4.83. The van der Waals surface area contributed by atoms with Crippen molar-refractivity contribution in [3.05, 3.63) is 47.7 Å². The number of halogens is 1. The molecule has 1 amide bonds. The Hall–Kier alpha value is -3.56. The van der Waals surface area contributed by atoms with Crippen LogP contribution in [0.3, 0.4) is 0 Å². The number of pyridine rings is 1. The summed E-state index contributed by atoms with van der Waals surface area (Å²) in [7, 11) is 0. The first-order chi connectivity index (χ1) is 14.0. The minimum atomic E-state index is -0.920. The number of hydrogen-bond donors (Lipinski definition) is 2. The van der Waals surface area contributed by atoms with Crippen LogP contribution in [0.1, 0.15) is 42.2 Å². The molecule has 2 bridgehead atoms. The smallest absolute Gasteiger partial charge is 0.256 e. The maximum Gasteiger partial charge on any atom is 0.256 e. The number of nitrogens with zero attached hydrogens (tertiary/aromatic N) is 4. The number of ketones is 1. The number of Topliss-reactive ketones (excluding diaryl/α,β-unsaturated/α-hetero) is 1. The van der Waals surface area contributed by atoms with Gasteiger partial charge in [-0.1, -0.05) is 6.92 Å². The molecule has 4 rings (SSSR count). The summed E-state index contributed by atoms with van der Waals surface area (Å²) in [6.07, 6.45) is 3.81. The average Bonchev–Trinajstić information content (AvgIpc) is 3.14. The summed E-state index contributed by atoms with van der Waals surface area (Å²) in [6.45, 7) is 3.63. The highest BCUT2D eigenvalue weighted by atomic mass is 19.1. The van der Waals surface area contributed by atoms with Crippen molar-refractivity contribution in [1.29, 1.82) is 0 Å². The van der Waals surface area contributed by atoms with E-state index in [0.29, 0.717) is 17.0 Å². The van der Waals surface area contributed by atoms with E-state index in [4.69, 9.17) is 4.74 Å². The van der Waals surface area contributed by atoms with E-state index >= 15 is 0 Å². The van der Waals surface area contributed by atoms with Gasteiger partial charge in [-0.3, -0.25) is 9.59 Å². The summed E-state index contributed by atoms with van der Waals surface area (Å²) >= 11 is 0. The highest BCUT2D eigenvalue weighted by Gasteiger charge is 2.27. The second-order valence-corrected chi connectivity index (χ2v) is 6.72. The van der Waals surface area contributed by atoms with E-state index in [0.717, 1.165) is 6.20 Å². The van der Waals surface area contributed by atoms with Crippen molar-refractivity contribution in [1.82, 2.24) is 24.9 Å². The van der Waals surface area contributed by atoms with Crippen molar-refractivity contribution in [3.63, 3.8) is 0 Å². The van der Waals surface area contributed by atoms with Gasteiger partial charge in [-0.05, 0) is 19.1 Å². The normalized spacial score (nSPS) is 19.2. The van der Waals surface area contributed by atoms with Crippen molar-refractivity contribution in [3.8, 4) is 5.88 Å². The van der Waals surface area contributed by atoms with Gasteiger partial charge in [0.05, 0.1) is 18.9 Å². The number of carbonyl (C=O) groups is 2. The fourth-order valence-electron chi connectivity index (χ4n) is 3.10. The molecule has 0 saturated carbocycles. The Balaban J connectivity index is 1.88. The molecule has 29 heavy (non-hydrogen) atoms. The molecular formula is C19H19FN6O3. The lowest BCUT2D eigenvalue weighted by molar-refractivity contribution is -0.119. The van der Waals surface area contributed by atoms with Crippen molar-refractivity contribution < 1.29 is 18.7 Å². The average molecular weight is 398 g/mol. The van der Waals surface area contributed by atoms with Crippen LogP contribution < -0.4 is 15.4 Å². The third-order valence-corrected chi connectivity index (χ3v) is 4.60. The lowest BCUT2D eigenvalue weighted by Crippen LogP contribution is -2.34. The minimum Gasteiger partial charge on any atom is -0.473 e. The quantitative estimate of drug-likeness (QED) is 0.678. The van der Waals surface area contributed by atoms with E-state index in [9.17, 15) is 14.0 Å². The van der Waals surface area contributed by atoms with E-state index in [1.165, 1.54) is 16.8 Å². The third-order valence-electron chi connectivity index (χ3n) is 4.60. The zero-order valence-corrected chi connectivity index (χ0v) is 15.8. The largest absolute Gasteiger partial charge is 0.473 e. The third kappa shape index (κ3) is 3.60. The highest BCUT2D eigenvalue weighted by molar-refractivity contribution is 5.99. The number of anilines is 1. The molecule has 3 aromatic heterocycles. The molecule has 0 saturated heterocycles. The summed E-state index contributed by atoms with van der Waals surface area (Å²) in [5, 5.41) is 9.93. The molecule has 1 unspecified atom stereocenters. The number of rotatable bonds is 2. The van der Waals surface area contributed by atoms with Crippen molar-refractivity contribution in [2.24, 2.45) is 0 Å². The monoisotopic (exact) mass is 398 g/mol. The van der Waals surface area contributed by atoms with E-state index in [1.54, 1.807) is 26.1 Å². The van der Waals surface area contributed by atoms with Crippen molar-refractivity contribution >= 4 is 23.2 Å². The number of nitrogens with one attached hydrogen (secondary N) is 2. The number of hydrogen-bond acceptors (Lipinski definition) is 7. The molecule has 150 valence electrons. The van der Waals surface area contributed by atoms with Gasteiger partial charge in [-0.15, -0.1) is 0 Å². The fourth-order valence-corrected chi connectivity index (χ4v) is 3.10. The first-order valence-corrected chi connectivity index (χ1v) is 9.20. The van der Waals surface area contributed by atoms with Crippen LogP contribution in [0.5, 0.6) is 5.88 Å². The van der Waals surface area contributed by atoms with Crippen LogP contribution in [0.15, 0.2) is 30.7 Å². The Bertz CT molecular complexity index is 1100. The van der Waals surface area contributed by atoms with Gasteiger partial charge in [0, 0.05) is 18.2 Å². The standard InChI is InChI=1S/C19H19FN6O3/c1-3-14(27)16-12-6-11(20)8-22-19(12)29-10(2)7-21-18(28)13-9-23-26-5-4-15(24-16)25-17(13)26/h4-6,8-10,16H,3,7H2,1-2H3,(H,21,28)(H,24,25)/t10-,16?/m0/s1. The lowest BCUT2D eigenvalue weighted by Gasteiger charge is -2.22. The molecule has 4 heterocycles. The lowest BCUT2D eigenvalue weighted by atomic mass is 10.0. The van der Waals surface area contributed by atoms with Gasteiger partial charge in [0.2, 0.25) is 5.88 Å². The van der Waals surface area contributed by atoms with E-state index in [1.807, 2.05) is 0 Å². The van der Waals surface area contributed by atoms with Gasteiger partial charge in [0.15, 0.2) is 11.4 Å². The van der Waals surface area contributed by atoms with Crippen LogP contribution in [0.4, 0.5) is 10.2 Å². The van der Waals surface area contributed by atoms with Gasteiger partial charge >= 0.3 is 0 Å².